The summed E-state index contributed by atoms with van der Waals surface area (Å²) in [6.45, 7) is 7.21. The van der Waals surface area contributed by atoms with Crippen molar-refractivity contribution < 1.29 is 13.9 Å². The molecular formula is C23H33FN6O2. The summed E-state index contributed by atoms with van der Waals surface area (Å²) in [7, 11) is 1.78. The third-order valence-electron chi connectivity index (χ3n) is 6.99. The van der Waals surface area contributed by atoms with E-state index in [1.54, 1.807) is 19.3 Å². The molecule has 3 heterocycles. The number of carbonyl (C=O) groups excluding carboxylic acids is 1. The van der Waals surface area contributed by atoms with Crippen molar-refractivity contribution >= 4 is 23.7 Å². The van der Waals surface area contributed by atoms with Crippen LogP contribution in [0.3, 0.4) is 0 Å². The number of rotatable bonds is 6. The number of hydrogen-bond acceptors (Lipinski definition) is 7. The second kappa shape index (κ2) is 9.44. The first-order valence-corrected chi connectivity index (χ1v) is 11.4. The van der Waals surface area contributed by atoms with Gasteiger partial charge in [0.2, 0.25) is 5.95 Å². The van der Waals surface area contributed by atoms with Crippen LogP contribution in [-0.2, 0) is 4.74 Å². The number of anilines is 1. The minimum Gasteiger partial charge on any atom is -0.450 e. The smallest absolute Gasteiger partial charge is 0.409 e. The Morgan fingerprint density at radius 1 is 1.34 bits per heavy atom. The van der Waals surface area contributed by atoms with Crippen LogP contribution in [0.4, 0.5) is 15.0 Å². The first-order chi connectivity index (χ1) is 15.5. The van der Waals surface area contributed by atoms with Crippen molar-refractivity contribution in [1.29, 1.82) is 5.41 Å². The predicted molar refractivity (Wildman–Crippen MR) is 122 cm³/mol. The molecule has 1 amide bonds. The molecule has 9 heteroatoms. The number of ether oxygens (including phenoxy) is 1. The molecule has 0 unspecified atom stereocenters. The summed E-state index contributed by atoms with van der Waals surface area (Å²) in [5, 5.41) is 10.7. The molecule has 2 N–H and O–H groups in total. The van der Waals surface area contributed by atoms with E-state index in [0.29, 0.717) is 24.0 Å². The Kier molecular flexibility index (Phi) is 6.64. The lowest BCUT2D eigenvalue weighted by Gasteiger charge is -2.48. The van der Waals surface area contributed by atoms with Crippen molar-refractivity contribution in [3.63, 3.8) is 0 Å². The lowest BCUT2D eigenvalue weighted by molar-refractivity contribution is -0.00294. The number of hydrogen-bond donors (Lipinski definition) is 2. The number of aromatic nitrogens is 1. The molecule has 8 nitrogen and oxygen atoms in total. The quantitative estimate of drug-likeness (QED) is 0.518. The first kappa shape index (κ1) is 22.5. The van der Waals surface area contributed by atoms with Crippen LogP contribution in [0.1, 0.15) is 31.7 Å². The van der Waals surface area contributed by atoms with E-state index >= 15 is 0 Å². The summed E-state index contributed by atoms with van der Waals surface area (Å²) < 4.78 is 19.1. The van der Waals surface area contributed by atoms with Gasteiger partial charge in [0, 0.05) is 81.3 Å². The third kappa shape index (κ3) is 4.44. The van der Waals surface area contributed by atoms with E-state index < -0.39 is 5.95 Å². The topological polar surface area (TPSA) is 84.8 Å². The normalized spacial score (nSPS) is 23.2. The fourth-order valence-electron chi connectivity index (χ4n) is 5.43. The zero-order valence-corrected chi connectivity index (χ0v) is 18.9. The lowest BCUT2D eigenvalue weighted by Crippen LogP contribution is -2.58. The second-order valence-electron chi connectivity index (χ2n) is 9.01. The van der Waals surface area contributed by atoms with Crippen molar-refractivity contribution in [2.75, 3.05) is 57.8 Å². The molecule has 1 spiro atoms. The molecule has 3 fully saturated rings. The number of allylic oxidation sites excluding steroid dienone is 1. The number of amides is 1. The minimum atomic E-state index is -0.506. The Morgan fingerprint density at radius 3 is 2.75 bits per heavy atom. The molecule has 4 rings (SSSR count). The number of carbonyl (C=O) groups is 1. The standard InChI is InChI=1S/C23H33FN6O2/c1-3-32-22(31)30-15-23(16-30)7-6-18(12-23)28-8-10-29(11-9-28)21-19(4-5-20(24)27-21)17(13-25)14-26-2/h4-5,13-14,18,25-26H,3,6-12,15-16H2,1-2H3/b17-14+,25-13?/t18-/m1/s1. The molecule has 3 aliphatic rings. The summed E-state index contributed by atoms with van der Waals surface area (Å²) in [6, 6.07) is 3.58. The highest BCUT2D eigenvalue weighted by atomic mass is 19.1. The molecule has 1 atom stereocenters. The van der Waals surface area contributed by atoms with E-state index in [2.05, 4.69) is 20.1 Å². The van der Waals surface area contributed by atoms with Crippen LogP contribution in [0.2, 0.25) is 0 Å². The van der Waals surface area contributed by atoms with Gasteiger partial charge < -0.3 is 25.3 Å². The molecule has 174 valence electrons. The van der Waals surface area contributed by atoms with Crippen molar-refractivity contribution in [2.45, 2.75) is 32.2 Å². The summed E-state index contributed by atoms with van der Waals surface area (Å²) in [5.74, 6) is 0.0930. The minimum absolute atomic E-state index is 0.190. The number of nitrogens with one attached hydrogen (secondary N) is 2. The first-order valence-electron chi connectivity index (χ1n) is 11.4. The highest BCUT2D eigenvalue weighted by Crippen LogP contribution is 2.47. The second-order valence-corrected chi connectivity index (χ2v) is 9.01. The number of pyridine rings is 1. The van der Waals surface area contributed by atoms with Crippen molar-refractivity contribution in [3.8, 4) is 0 Å². The number of likely N-dealkylation sites (tertiary alicyclic amines) is 1. The average Bonchev–Trinajstić information content (AvgIpc) is 3.23. The van der Waals surface area contributed by atoms with Gasteiger partial charge in [0.05, 0.1) is 6.61 Å². The van der Waals surface area contributed by atoms with Crippen molar-refractivity contribution in [1.82, 2.24) is 20.1 Å². The molecular weight excluding hydrogens is 411 g/mol. The largest absolute Gasteiger partial charge is 0.450 e. The molecule has 1 aromatic rings. The number of halogens is 1. The van der Waals surface area contributed by atoms with Gasteiger partial charge in [0.25, 0.3) is 0 Å². The van der Waals surface area contributed by atoms with E-state index in [1.807, 2.05) is 11.8 Å². The van der Waals surface area contributed by atoms with Gasteiger partial charge in [-0.3, -0.25) is 4.90 Å². The van der Waals surface area contributed by atoms with Gasteiger partial charge in [0.15, 0.2) is 0 Å². The molecule has 0 aromatic carbocycles. The number of nitrogens with zero attached hydrogens (tertiary/aromatic N) is 4. The van der Waals surface area contributed by atoms with Gasteiger partial charge in [-0.2, -0.15) is 4.39 Å². The van der Waals surface area contributed by atoms with Crippen molar-refractivity contribution in [2.24, 2.45) is 5.41 Å². The van der Waals surface area contributed by atoms with Crippen LogP contribution in [0.5, 0.6) is 0 Å². The average molecular weight is 445 g/mol. The zero-order valence-electron chi connectivity index (χ0n) is 18.9. The van der Waals surface area contributed by atoms with Crippen LogP contribution in [0.15, 0.2) is 18.3 Å². The maximum atomic E-state index is 14.0. The van der Waals surface area contributed by atoms with E-state index in [0.717, 1.165) is 64.1 Å². The Hall–Kier alpha value is -2.68. The summed E-state index contributed by atoms with van der Waals surface area (Å²) >= 11 is 0. The van der Waals surface area contributed by atoms with Crippen molar-refractivity contribution in [3.05, 3.63) is 29.8 Å². The van der Waals surface area contributed by atoms with E-state index in [9.17, 15) is 9.18 Å². The summed E-state index contributed by atoms with van der Waals surface area (Å²) in [6.07, 6.45) is 6.24. The van der Waals surface area contributed by atoms with Gasteiger partial charge in [-0.1, -0.05) is 0 Å². The maximum Gasteiger partial charge on any atom is 0.409 e. The maximum absolute atomic E-state index is 14.0. The zero-order chi connectivity index (χ0) is 22.7. The van der Waals surface area contributed by atoms with Crippen LogP contribution in [-0.4, -0.2) is 86.1 Å². The molecule has 0 bridgehead atoms. The van der Waals surface area contributed by atoms with E-state index in [-0.39, 0.29) is 11.5 Å². The SMILES string of the molecule is CCOC(=O)N1CC2(CC[C@@H](N3CCN(c4nc(F)ccc4/C(C=N)=C/NC)CC3)C2)C1. The van der Waals surface area contributed by atoms with Crippen LogP contribution in [0.25, 0.3) is 5.57 Å². The predicted octanol–water partition coefficient (Wildman–Crippen LogP) is 2.56. The van der Waals surface area contributed by atoms with Gasteiger partial charge in [-0.25, -0.2) is 9.78 Å². The van der Waals surface area contributed by atoms with Gasteiger partial charge in [-0.05, 0) is 38.3 Å². The molecule has 2 saturated heterocycles. The van der Waals surface area contributed by atoms with Crippen LogP contribution < -0.4 is 10.2 Å². The monoisotopic (exact) mass is 444 g/mol. The summed E-state index contributed by atoms with van der Waals surface area (Å²) in [4.78, 5) is 22.6. The fourth-order valence-corrected chi connectivity index (χ4v) is 5.43. The van der Waals surface area contributed by atoms with Gasteiger partial charge >= 0.3 is 6.09 Å². The summed E-state index contributed by atoms with van der Waals surface area (Å²) in [5.41, 5.74) is 1.69. The molecule has 1 aliphatic carbocycles. The highest BCUT2D eigenvalue weighted by molar-refractivity contribution is 6.10. The Balaban J connectivity index is 1.36. The molecule has 1 saturated carbocycles. The Bertz CT molecular complexity index is 877. The number of piperazine rings is 1. The van der Waals surface area contributed by atoms with Gasteiger partial charge in [0.1, 0.15) is 5.82 Å². The highest BCUT2D eigenvalue weighted by Gasteiger charge is 2.51. The van der Waals surface area contributed by atoms with Crippen LogP contribution >= 0.6 is 0 Å². The van der Waals surface area contributed by atoms with E-state index in [4.69, 9.17) is 10.1 Å². The molecule has 1 aromatic heterocycles. The van der Waals surface area contributed by atoms with Gasteiger partial charge in [-0.15, -0.1) is 0 Å². The lowest BCUT2D eigenvalue weighted by atomic mass is 9.78. The Morgan fingerprint density at radius 2 is 2.09 bits per heavy atom. The van der Waals surface area contributed by atoms with E-state index in [1.165, 1.54) is 12.3 Å². The molecule has 32 heavy (non-hydrogen) atoms. The fraction of sp³-hybridized carbons (Fsp3) is 0.609. The molecule has 2 aliphatic heterocycles. The Labute approximate surface area is 188 Å². The molecule has 0 radical (unpaired) electrons. The van der Waals surface area contributed by atoms with Crippen LogP contribution in [0, 0.1) is 16.8 Å². The third-order valence-corrected chi connectivity index (χ3v) is 6.99.